The molecule has 0 bridgehead atoms. The van der Waals surface area contributed by atoms with Gasteiger partial charge in [-0.1, -0.05) is 90.4 Å². The normalized spacial score (nSPS) is 15.7. The van der Waals surface area contributed by atoms with E-state index in [9.17, 15) is 5.11 Å². The van der Waals surface area contributed by atoms with Crippen LogP contribution in [-0.4, -0.2) is 52.9 Å². The van der Waals surface area contributed by atoms with Crippen LogP contribution in [0, 0.1) is 0 Å². The standard InChI is InChI=1S/C42H59NO4Si2/c1-41(2,3)48(7,8)46-35-21-14-31(15-22-35)37-24-18-33-30-36(47-49(9,10)42(4,5)6)23-25-38(33)39(37)40(44)32-16-19-34(20-17-32)45-29-28-43-26-12-11-13-27-43/h14-25,30,40,44H,11-13,26-29H2,1-10H3. The number of likely N-dealkylation sites (tertiary alicyclic amines) is 1. The van der Waals surface area contributed by atoms with Gasteiger partial charge in [0.2, 0.25) is 16.6 Å². The smallest absolute Gasteiger partial charge is 0.250 e. The van der Waals surface area contributed by atoms with Crippen molar-refractivity contribution in [2.45, 2.75) is 103 Å². The van der Waals surface area contributed by atoms with Gasteiger partial charge in [0.05, 0.1) is 0 Å². The molecule has 0 aliphatic carbocycles. The van der Waals surface area contributed by atoms with Crippen LogP contribution in [0.25, 0.3) is 21.9 Å². The molecule has 1 unspecified atom stereocenters. The van der Waals surface area contributed by atoms with Crippen molar-refractivity contribution in [3.05, 3.63) is 90.0 Å². The summed E-state index contributed by atoms with van der Waals surface area (Å²) < 4.78 is 19.4. The fourth-order valence-corrected chi connectivity index (χ4v) is 7.98. The van der Waals surface area contributed by atoms with Crippen molar-refractivity contribution in [3.8, 4) is 28.4 Å². The van der Waals surface area contributed by atoms with E-state index in [1.807, 2.05) is 24.3 Å². The Balaban J connectivity index is 1.47. The molecule has 0 amide bonds. The van der Waals surface area contributed by atoms with Crippen LogP contribution in [0.1, 0.15) is 78.0 Å². The molecular formula is C42H59NO4Si2. The van der Waals surface area contributed by atoms with E-state index >= 15 is 0 Å². The molecule has 49 heavy (non-hydrogen) atoms. The number of rotatable bonds is 11. The second-order valence-electron chi connectivity index (χ2n) is 16.9. The monoisotopic (exact) mass is 697 g/mol. The average molecular weight is 698 g/mol. The maximum absolute atomic E-state index is 12.1. The van der Waals surface area contributed by atoms with E-state index in [0.717, 1.165) is 69.9 Å². The number of nitrogens with zero attached hydrogens (tertiary/aromatic N) is 1. The van der Waals surface area contributed by atoms with E-state index < -0.39 is 22.7 Å². The van der Waals surface area contributed by atoms with Gasteiger partial charge < -0.3 is 18.7 Å². The Morgan fingerprint density at radius 3 is 1.82 bits per heavy atom. The van der Waals surface area contributed by atoms with E-state index in [1.54, 1.807) is 0 Å². The fraction of sp³-hybridized carbons (Fsp3) is 0.476. The Bertz CT molecular complexity index is 1700. The zero-order chi connectivity index (χ0) is 35.6. The molecule has 1 N–H and O–H groups in total. The van der Waals surface area contributed by atoms with Crippen LogP contribution in [0.2, 0.25) is 36.3 Å². The van der Waals surface area contributed by atoms with Gasteiger partial charge in [-0.05, 0) is 126 Å². The number of hydrogen-bond donors (Lipinski definition) is 1. The van der Waals surface area contributed by atoms with Crippen molar-refractivity contribution in [2.75, 3.05) is 26.2 Å². The minimum Gasteiger partial charge on any atom is -0.544 e. The summed E-state index contributed by atoms with van der Waals surface area (Å²) in [6.07, 6.45) is 3.06. The maximum atomic E-state index is 12.1. The summed E-state index contributed by atoms with van der Waals surface area (Å²) in [6.45, 7) is 26.6. The number of aliphatic hydroxyl groups excluding tert-OH is 1. The third kappa shape index (κ3) is 8.80. The summed E-state index contributed by atoms with van der Waals surface area (Å²) in [4.78, 5) is 2.48. The summed E-state index contributed by atoms with van der Waals surface area (Å²) in [5.41, 5.74) is 3.75. The van der Waals surface area contributed by atoms with Crippen LogP contribution in [-0.2, 0) is 0 Å². The molecular weight excluding hydrogens is 639 g/mol. The minimum atomic E-state index is -2.02. The first-order valence-electron chi connectivity index (χ1n) is 18.1. The predicted molar refractivity (Wildman–Crippen MR) is 211 cm³/mol. The lowest BCUT2D eigenvalue weighted by atomic mass is 9.88. The second-order valence-corrected chi connectivity index (χ2v) is 26.3. The molecule has 1 heterocycles. The number of fused-ring (bicyclic) bond motifs is 1. The van der Waals surface area contributed by atoms with Gasteiger partial charge in [0, 0.05) is 12.1 Å². The third-order valence-corrected chi connectivity index (χ3v) is 19.9. The highest BCUT2D eigenvalue weighted by molar-refractivity contribution is 6.75. The zero-order valence-corrected chi connectivity index (χ0v) is 33.7. The molecule has 7 heteroatoms. The molecule has 0 spiro atoms. The van der Waals surface area contributed by atoms with Gasteiger partial charge >= 0.3 is 0 Å². The summed E-state index contributed by atoms with van der Waals surface area (Å²) in [6, 6.07) is 26.9. The van der Waals surface area contributed by atoms with Gasteiger partial charge in [-0.25, -0.2) is 0 Å². The van der Waals surface area contributed by atoms with Crippen molar-refractivity contribution < 1.29 is 18.7 Å². The molecule has 264 valence electrons. The van der Waals surface area contributed by atoms with Crippen LogP contribution in [0.4, 0.5) is 0 Å². The van der Waals surface area contributed by atoms with Crippen LogP contribution < -0.4 is 13.6 Å². The van der Waals surface area contributed by atoms with Crippen LogP contribution >= 0.6 is 0 Å². The molecule has 5 rings (SSSR count). The lowest BCUT2D eigenvalue weighted by molar-refractivity contribution is 0.183. The molecule has 1 aliphatic heterocycles. The molecule has 1 saturated heterocycles. The van der Waals surface area contributed by atoms with Gasteiger partial charge in [-0.2, -0.15) is 0 Å². The summed E-state index contributed by atoms with van der Waals surface area (Å²) in [5, 5.41) is 14.4. The Labute approximate surface area is 297 Å². The van der Waals surface area contributed by atoms with E-state index in [1.165, 1.54) is 19.3 Å². The fourth-order valence-electron chi connectivity index (χ4n) is 5.93. The topological polar surface area (TPSA) is 51.2 Å². The lowest BCUT2D eigenvalue weighted by Crippen LogP contribution is -2.43. The highest BCUT2D eigenvalue weighted by Gasteiger charge is 2.40. The first-order chi connectivity index (χ1) is 22.9. The number of ether oxygens (including phenoxy) is 1. The number of aliphatic hydroxyl groups is 1. The Hall–Kier alpha value is -3.11. The van der Waals surface area contributed by atoms with Crippen molar-refractivity contribution in [3.63, 3.8) is 0 Å². The number of hydrogen-bond acceptors (Lipinski definition) is 5. The zero-order valence-electron chi connectivity index (χ0n) is 31.7. The maximum Gasteiger partial charge on any atom is 0.250 e. The number of piperidine rings is 1. The molecule has 0 aromatic heterocycles. The van der Waals surface area contributed by atoms with E-state index in [0.29, 0.717) is 6.61 Å². The Kier molecular flexibility index (Phi) is 11.1. The van der Waals surface area contributed by atoms with Crippen LogP contribution in [0.15, 0.2) is 78.9 Å². The summed E-state index contributed by atoms with van der Waals surface area (Å²) in [7, 11) is -3.99. The Morgan fingerprint density at radius 2 is 1.22 bits per heavy atom. The molecule has 4 aromatic rings. The largest absolute Gasteiger partial charge is 0.544 e. The summed E-state index contributed by atoms with van der Waals surface area (Å²) in [5.74, 6) is 2.60. The average Bonchev–Trinajstić information content (AvgIpc) is 3.04. The molecule has 0 radical (unpaired) electrons. The molecule has 5 nitrogen and oxygen atoms in total. The summed E-state index contributed by atoms with van der Waals surface area (Å²) >= 11 is 0. The quantitative estimate of drug-likeness (QED) is 0.158. The minimum absolute atomic E-state index is 0.0943. The highest BCUT2D eigenvalue weighted by Crippen LogP contribution is 2.42. The van der Waals surface area contributed by atoms with Gasteiger partial charge in [0.1, 0.15) is 30.0 Å². The van der Waals surface area contributed by atoms with Crippen molar-refractivity contribution in [2.24, 2.45) is 0 Å². The van der Waals surface area contributed by atoms with Gasteiger partial charge in [-0.3, -0.25) is 4.90 Å². The SMILES string of the molecule is CC(C)(C)[Si](C)(C)Oc1ccc(-c2ccc3cc(O[Si](C)(C)C(C)(C)C)ccc3c2C(O)c2ccc(OCCN3CCCCC3)cc2)cc1. The molecule has 1 aliphatic rings. The molecule has 4 aromatic carbocycles. The van der Waals surface area contributed by atoms with Crippen molar-refractivity contribution in [1.82, 2.24) is 4.90 Å². The molecule has 1 atom stereocenters. The molecule has 0 saturated carbocycles. The number of benzene rings is 4. The van der Waals surface area contributed by atoms with Gasteiger partial charge in [0.15, 0.2) is 0 Å². The van der Waals surface area contributed by atoms with Gasteiger partial charge in [-0.15, -0.1) is 0 Å². The highest BCUT2D eigenvalue weighted by atomic mass is 28.4. The second kappa shape index (κ2) is 14.6. The Morgan fingerprint density at radius 1 is 0.673 bits per heavy atom. The van der Waals surface area contributed by atoms with E-state index in [-0.39, 0.29) is 10.1 Å². The van der Waals surface area contributed by atoms with E-state index in [4.69, 9.17) is 13.6 Å². The van der Waals surface area contributed by atoms with Crippen molar-refractivity contribution >= 4 is 27.4 Å². The van der Waals surface area contributed by atoms with Gasteiger partial charge in [0.25, 0.3) is 0 Å². The predicted octanol–water partition coefficient (Wildman–Crippen LogP) is 11.2. The first kappa shape index (κ1) is 37.2. The van der Waals surface area contributed by atoms with Crippen molar-refractivity contribution in [1.29, 1.82) is 0 Å². The van der Waals surface area contributed by atoms with Crippen LogP contribution in [0.5, 0.6) is 17.2 Å². The lowest BCUT2D eigenvalue weighted by Gasteiger charge is -2.36. The third-order valence-electron chi connectivity index (χ3n) is 11.2. The van der Waals surface area contributed by atoms with Crippen LogP contribution in [0.3, 0.4) is 0 Å². The molecule has 1 fully saturated rings. The van der Waals surface area contributed by atoms with E-state index in [2.05, 4.69) is 127 Å². The first-order valence-corrected chi connectivity index (χ1v) is 24.0.